The number of hydrazone groups is 1. The van der Waals surface area contributed by atoms with Crippen LogP contribution in [0.15, 0.2) is 53.4 Å². The van der Waals surface area contributed by atoms with Crippen molar-refractivity contribution >= 4 is 28.9 Å². The molecule has 2 heterocycles. The minimum Gasteiger partial charge on any atom is -0.394 e. The molecule has 28 heavy (non-hydrogen) atoms. The Morgan fingerprint density at radius 1 is 1.36 bits per heavy atom. The number of nitrogens with one attached hydrogen (secondary N) is 1. The van der Waals surface area contributed by atoms with E-state index >= 15 is 0 Å². The van der Waals surface area contributed by atoms with Crippen LogP contribution in [0.5, 0.6) is 0 Å². The second kappa shape index (κ2) is 7.75. The molecule has 1 aromatic carbocycles. The van der Waals surface area contributed by atoms with Crippen LogP contribution >= 0.6 is 11.6 Å². The SMILES string of the molecule is C[C@@H](CO)NC(=O)C1=CC(c2ccc(Cl)cc2)=NN(c2cnn(C)c2)C1(C)O. The second-order valence-corrected chi connectivity index (χ2v) is 7.25. The van der Waals surface area contributed by atoms with Crippen molar-refractivity contribution in [2.45, 2.75) is 25.6 Å². The van der Waals surface area contributed by atoms with Gasteiger partial charge in [0, 0.05) is 29.9 Å². The maximum absolute atomic E-state index is 12.8. The van der Waals surface area contributed by atoms with E-state index in [2.05, 4.69) is 15.5 Å². The molecule has 2 aromatic rings. The number of halogens is 1. The molecule has 1 aromatic heterocycles. The lowest BCUT2D eigenvalue weighted by molar-refractivity contribution is -0.120. The standard InChI is InChI=1S/C19H22ClN5O3/c1-12(11-26)22-18(27)16-8-17(13-4-6-14(20)7-5-13)23-25(19(16,2)28)15-9-21-24(3)10-15/h4-10,12,26,28H,11H2,1-3H3,(H,22,27)/t12-,19?/m0/s1. The molecular weight excluding hydrogens is 382 g/mol. The molecule has 0 saturated heterocycles. The monoisotopic (exact) mass is 403 g/mol. The van der Waals surface area contributed by atoms with Crippen molar-refractivity contribution in [3.05, 3.63) is 58.9 Å². The van der Waals surface area contributed by atoms with E-state index in [4.69, 9.17) is 11.6 Å². The van der Waals surface area contributed by atoms with Gasteiger partial charge in [-0.3, -0.25) is 9.48 Å². The van der Waals surface area contributed by atoms with E-state index in [0.717, 1.165) is 5.56 Å². The zero-order valence-corrected chi connectivity index (χ0v) is 16.6. The van der Waals surface area contributed by atoms with E-state index in [1.165, 1.54) is 18.0 Å². The average molecular weight is 404 g/mol. The van der Waals surface area contributed by atoms with Gasteiger partial charge in [-0.1, -0.05) is 23.7 Å². The number of carbonyl (C=O) groups is 1. The van der Waals surface area contributed by atoms with E-state index < -0.39 is 17.7 Å². The van der Waals surface area contributed by atoms with Gasteiger partial charge in [-0.15, -0.1) is 0 Å². The molecule has 0 radical (unpaired) electrons. The highest BCUT2D eigenvalue weighted by Crippen LogP contribution is 2.32. The smallest absolute Gasteiger partial charge is 0.252 e. The number of benzene rings is 1. The number of aryl methyl sites for hydroxylation is 1. The van der Waals surface area contributed by atoms with Gasteiger partial charge in [0.1, 0.15) is 5.69 Å². The number of aliphatic hydroxyl groups excluding tert-OH is 1. The van der Waals surface area contributed by atoms with Crippen molar-refractivity contribution in [1.82, 2.24) is 15.1 Å². The van der Waals surface area contributed by atoms with Gasteiger partial charge in [0.2, 0.25) is 0 Å². The first kappa shape index (κ1) is 20.1. The first-order valence-corrected chi connectivity index (χ1v) is 9.10. The van der Waals surface area contributed by atoms with E-state index in [1.807, 2.05) is 0 Å². The van der Waals surface area contributed by atoms with Gasteiger partial charge in [-0.05, 0) is 32.1 Å². The first-order chi connectivity index (χ1) is 13.2. The molecule has 3 rings (SSSR count). The molecule has 1 amide bonds. The summed E-state index contributed by atoms with van der Waals surface area (Å²) in [5.41, 5.74) is 0.102. The quantitative estimate of drug-likeness (QED) is 0.700. The lowest BCUT2D eigenvalue weighted by Gasteiger charge is -2.38. The minimum absolute atomic E-state index is 0.0941. The predicted octanol–water partition coefficient (Wildman–Crippen LogP) is 1.43. The third-order valence-corrected chi connectivity index (χ3v) is 4.64. The largest absolute Gasteiger partial charge is 0.394 e. The van der Waals surface area contributed by atoms with Crippen LogP contribution in [0, 0.1) is 0 Å². The highest BCUT2D eigenvalue weighted by atomic mass is 35.5. The van der Waals surface area contributed by atoms with Crippen LogP contribution in [-0.4, -0.2) is 50.0 Å². The molecule has 0 spiro atoms. The Balaban J connectivity index is 2.09. The van der Waals surface area contributed by atoms with Crippen LogP contribution in [-0.2, 0) is 11.8 Å². The Hall–Kier alpha value is -2.68. The van der Waals surface area contributed by atoms with Gasteiger partial charge in [0.25, 0.3) is 5.91 Å². The van der Waals surface area contributed by atoms with Gasteiger partial charge in [-0.2, -0.15) is 10.2 Å². The maximum Gasteiger partial charge on any atom is 0.252 e. The number of amides is 1. The molecule has 8 nitrogen and oxygen atoms in total. The van der Waals surface area contributed by atoms with Crippen molar-refractivity contribution in [3.8, 4) is 0 Å². The number of hydrogen-bond donors (Lipinski definition) is 3. The van der Waals surface area contributed by atoms with Crippen molar-refractivity contribution in [3.63, 3.8) is 0 Å². The summed E-state index contributed by atoms with van der Waals surface area (Å²) >= 11 is 5.97. The molecule has 0 aliphatic carbocycles. The maximum atomic E-state index is 12.8. The van der Waals surface area contributed by atoms with Gasteiger partial charge >= 0.3 is 0 Å². The summed E-state index contributed by atoms with van der Waals surface area (Å²) in [7, 11) is 1.75. The number of aromatic nitrogens is 2. The zero-order valence-electron chi connectivity index (χ0n) is 15.8. The van der Waals surface area contributed by atoms with Crippen LogP contribution < -0.4 is 10.3 Å². The second-order valence-electron chi connectivity index (χ2n) is 6.81. The number of aliphatic hydroxyl groups is 2. The fourth-order valence-electron chi connectivity index (χ4n) is 2.84. The van der Waals surface area contributed by atoms with Gasteiger partial charge < -0.3 is 15.5 Å². The van der Waals surface area contributed by atoms with E-state index in [9.17, 15) is 15.0 Å². The van der Waals surface area contributed by atoms with E-state index in [0.29, 0.717) is 16.4 Å². The summed E-state index contributed by atoms with van der Waals surface area (Å²) in [4.78, 5) is 12.8. The molecule has 1 aliphatic heterocycles. The molecule has 1 unspecified atom stereocenters. The highest BCUT2D eigenvalue weighted by Gasteiger charge is 2.41. The highest BCUT2D eigenvalue weighted by molar-refractivity contribution is 6.30. The lowest BCUT2D eigenvalue weighted by Crippen LogP contribution is -2.53. The van der Waals surface area contributed by atoms with Crippen LogP contribution in [0.2, 0.25) is 5.02 Å². The lowest BCUT2D eigenvalue weighted by atomic mass is 9.96. The Morgan fingerprint density at radius 2 is 2.04 bits per heavy atom. The van der Waals surface area contributed by atoms with Crippen LogP contribution in [0.3, 0.4) is 0 Å². The molecule has 2 atom stereocenters. The molecule has 1 aliphatic rings. The van der Waals surface area contributed by atoms with Crippen molar-refractivity contribution in [1.29, 1.82) is 0 Å². The number of hydrogen-bond acceptors (Lipinski definition) is 6. The molecule has 0 bridgehead atoms. The molecule has 0 fully saturated rings. The summed E-state index contributed by atoms with van der Waals surface area (Å²) in [6, 6.07) is 6.55. The number of nitrogens with zero attached hydrogens (tertiary/aromatic N) is 4. The van der Waals surface area contributed by atoms with E-state index in [-0.39, 0.29) is 12.2 Å². The Morgan fingerprint density at radius 3 is 2.61 bits per heavy atom. The molecular formula is C19H22ClN5O3. The van der Waals surface area contributed by atoms with Gasteiger partial charge in [0.15, 0.2) is 5.72 Å². The predicted molar refractivity (Wildman–Crippen MR) is 107 cm³/mol. The number of carbonyl (C=O) groups excluding carboxylic acids is 1. The van der Waals surface area contributed by atoms with E-state index in [1.54, 1.807) is 55.3 Å². The Kier molecular flexibility index (Phi) is 5.55. The fraction of sp³-hybridized carbons (Fsp3) is 0.316. The zero-order chi connectivity index (χ0) is 20.5. The summed E-state index contributed by atoms with van der Waals surface area (Å²) in [6.45, 7) is 2.94. The first-order valence-electron chi connectivity index (χ1n) is 8.72. The average Bonchev–Trinajstić information content (AvgIpc) is 3.07. The number of allylic oxidation sites excluding steroid dienone is 1. The Labute approximate surface area is 167 Å². The Bertz CT molecular complexity index is 933. The van der Waals surface area contributed by atoms with Gasteiger partial charge in [0.05, 0.1) is 24.1 Å². The molecule has 9 heteroatoms. The number of rotatable bonds is 5. The van der Waals surface area contributed by atoms with Crippen molar-refractivity contribution < 1.29 is 15.0 Å². The van der Waals surface area contributed by atoms with Crippen molar-refractivity contribution in [2.75, 3.05) is 11.6 Å². The summed E-state index contributed by atoms with van der Waals surface area (Å²) < 4.78 is 1.58. The third-order valence-electron chi connectivity index (χ3n) is 4.38. The van der Waals surface area contributed by atoms with Crippen molar-refractivity contribution in [2.24, 2.45) is 12.1 Å². The summed E-state index contributed by atoms with van der Waals surface area (Å²) in [5.74, 6) is -0.498. The van der Waals surface area contributed by atoms with Gasteiger partial charge in [-0.25, -0.2) is 5.01 Å². The molecule has 0 saturated carbocycles. The number of anilines is 1. The molecule has 3 N–H and O–H groups in total. The summed E-state index contributed by atoms with van der Waals surface area (Å²) in [5, 5.41) is 33.7. The fourth-order valence-corrected chi connectivity index (χ4v) is 2.96. The summed E-state index contributed by atoms with van der Waals surface area (Å²) in [6.07, 6.45) is 4.78. The topological polar surface area (TPSA) is 103 Å². The normalized spacial score (nSPS) is 20.4. The minimum atomic E-state index is -1.72. The van der Waals surface area contributed by atoms with Crippen LogP contribution in [0.25, 0.3) is 0 Å². The third kappa shape index (κ3) is 3.94. The van der Waals surface area contributed by atoms with Crippen LogP contribution in [0.1, 0.15) is 19.4 Å². The van der Waals surface area contributed by atoms with Crippen LogP contribution in [0.4, 0.5) is 5.69 Å². The molecule has 148 valence electrons.